The first-order chi connectivity index (χ1) is 8.47. The van der Waals surface area contributed by atoms with E-state index in [1.807, 2.05) is 0 Å². The number of hydrogen-bond acceptors (Lipinski definition) is 6. The van der Waals surface area contributed by atoms with Gasteiger partial charge in [-0.3, -0.25) is 4.79 Å². The van der Waals surface area contributed by atoms with Crippen LogP contribution in [-0.2, 0) is 14.3 Å². The van der Waals surface area contributed by atoms with E-state index < -0.39 is 29.0 Å². The number of aliphatic carboxylic acids is 1. The lowest BCUT2D eigenvalue weighted by atomic mass is 10.1. The summed E-state index contributed by atoms with van der Waals surface area (Å²) in [5, 5.41) is 18.0. The number of aliphatic hydroxyl groups excluding tert-OH is 1. The molecule has 2 N–H and O–H groups in total. The molecule has 7 nitrogen and oxygen atoms in total. The SMILES string of the molecule is COC(=O)/C=C/c1occc(=O)c1C(O)C(=O)O. The van der Waals surface area contributed by atoms with E-state index in [1.165, 1.54) is 0 Å². The van der Waals surface area contributed by atoms with Gasteiger partial charge in [-0.05, 0) is 6.08 Å². The summed E-state index contributed by atoms with van der Waals surface area (Å²) >= 11 is 0. The van der Waals surface area contributed by atoms with Crippen molar-refractivity contribution >= 4 is 18.0 Å². The van der Waals surface area contributed by atoms with Gasteiger partial charge in [0, 0.05) is 12.1 Å². The molecule has 0 amide bonds. The normalized spacial score (nSPS) is 12.3. The fraction of sp³-hybridized carbons (Fsp3) is 0.182. The van der Waals surface area contributed by atoms with Gasteiger partial charge in [0.1, 0.15) is 5.76 Å². The molecule has 0 spiro atoms. The van der Waals surface area contributed by atoms with Gasteiger partial charge in [0.15, 0.2) is 11.5 Å². The Morgan fingerprint density at radius 3 is 2.72 bits per heavy atom. The van der Waals surface area contributed by atoms with Crippen LogP contribution < -0.4 is 5.43 Å². The summed E-state index contributed by atoms with van der Waals surface area (Å²) in [7, 11) is 1.15. The molecule has 0 saturated heterocycles. The minimum atomic E-state index is -2.03. The van der Waals surface area contributed by atoms with Gasteiger partial charge >= 0.3 is 11.9 Å². The van der Waals surface area contributed by atoms with E-state index in [9.17, 15) is 19.5 Å². The number of carboxylic acids is 1. The van der Waals surface area contributed by atoms with Crippen LogP contribution in [0.1, 0.15) is 17.4 Å². The van der Waals surface area contributed by atoms with Crippen molar-refractivity contribution in [2.24, 2.45) is 0 Å². The molecule has 0 saturated carbocycles. The number of carboxylic acid groups (broad SMARTS) is 1. The van der Waals surface area contributed by atoms with Crippen molar-refractivity contribution < 1.29 is 29.0 Å². The van der Waals surface area contributed by atoms with Crippen LogP contribution in [0.15, 0.2) is 27.6 Å². The summed E-state index contributed by atoms with van der Waals surface area (Å²) in [5.74, 6) is -2.53. The molecule has 1 aromatic rings. The number of aliphatic hydroxyl groups is 1. The Balaban J connectivity index is 3.24. The molecule has 1 heterocycles. The van der Waals surface area contributed by atoms with Gasteiger partial charge in [0.05, 0.1) is 18.9 Å². The van der Waals surface area contributed by atoms with Crippen molar-refractivity contribution in [2.75, 3.05) is 7.11 Å². The number of methoxy groups -OCH3 is 1. The highest BCUT2D eigenvalue weighted by Crippen LogP contribution is 2.15. The molecule has 0 aliphatic heterocycles. The van der Waals surface area contributed by atoms with E-state index in [0.717, 1.165) is 31.6 Å². The van der Waals surface area contributed by atoms with Crippen LogP contribution in [0, 0.1) is 0 Å². The number of carbonyl (C=O) groups excluding carboxylic acids is 1. The van der Waals surface area contributed by atoms with Gasteiger partial charge in [-0.2, -0.15) is 0 Å². The van der Waals surface area contributed by atoms with Crippen molar-refractivity contribution in [1.29, 1.82) is 0 Å². The second-order valence-electron chi connectivity index (χ2n) is 3.16. The molecule has 1 unspecified atom stereocenters. The third-order valence-electron chi connectivity index (χ3n) is 2.02. The van der Waals surface area contributed by atoms with E-state index in [-0.39, 0.29) is 5.76 Å². The van der Waals surface area contributed by atoms with Crippen LogP contribution in [0.4, 0.5) is 0 Å². The van der Waals surface area contributed by atoms with Gasteiger partial charge in [0.2, 0.25) is 0 Å². The number of rotatable bonds is 4. The maximum atomic E-state index is 11.5. The van der Waals surface area contributed by atoms with Crippen molar-refractivity contribution in [2.45, 2.75) is 6.10 Å². The molecule has 0 radical (unpaired) electrons. The molecule has 1 atom stereocenters. The lowest BCUT2D eigenvalue weighted by Crippen LogP contribution is -2.20. The van der Waals surface area contributed by atoms with Crippen LogP contribution >= 0.6 is 0 Å². The minimum absolute atomic E-state index is 0.220. The highest BCUT2D eigenvalue weighted by atomic mass is 16.5. The highest BCUT2D eigenvalue weighted by molar-refractivity contribution is 5.87. The van der Waals surface area contributed by atoms with Gasteiger partial charge in [-0.15, -0.1) is 0 Å². The number of carbonyl (C=O) groups is 2. The smallest absolute Gasteiger partial charge is 0.337 e. The van der Waals surface area contributed by atoms with E-state index in [2.05, 4.69) is 4.74 Å². The Kier molecular flexibility index (Phi) is 4.39. The second kappa shape index (κ2) is 5.78. The predicted octanol–water partition coefficient (Wildman–Crippen LogP) is -0.0560. The molecule has 1 rings (SSSR count). The minimum Gasteiger partial charge on any atom is -0.479 e. The Hall–Kier alpha value is -2.41. The van der Waals surface area contributed by atoms with Crippen molar-refractivity contribution in [3.63, 3.8) is 0 Å². The molecular weight excluding hydrogens is 244 g/mol. The largest absolute Gasteiger partial charge is 0.479 e. The Labute approximate surface area is 101 Å². The summed E-state index contributed by atoms with van der Waals surface area (Å²) < 4.78 is 9.21. The molecule has 0 bridgehead atoms. The van der Waals surface area contributed by atoms with E-state index in [0.29, 0.717) is 0 Å². The number of ether oxygens (including phenoxy) is 1. The number of esters is 1. The Morgan fingerprint density at radius 2 is 2.17 bits per heavy atom. The first kappa shape index (κ1) is 13.7. The topological polar surface area (TPSA) is 114 Å². The standard InChI is InChI=1S/C11H10O7/c1-17-8(13)3-2-7-9(10(14)11(15)16)6(12)4-5-18-7/h2-5,10,14H,1H3,(H,15,16)/b3-2+. The Bertz CT molecular complexity index is 541. The predicted molar refractivity (Wildman–Crippen MR) is 58.6 cm³/mol. The monoisotopic (exact) mass is 254 g/mol. The average molecular weight is 254 g/mol. The Morgan fingerprint density at radius 1 is 1.50 bits per heavy atom. The van der Waals surface area contributed by atoms with Crippen molar-refractivity contribution in [1.82, 2.24) is 0 Å². The number of hydrogen-bond donors (Lipinski definition) is 2. The van der Waals surface area contributed by atoms with Gasteiger partial charge < -0.3 is 19.4 Å². The van der Waals surface area contributed by atoms with E-state index in [1.54, 1.807) is 0 Å². The van der Waals surface area contributed by atoms with Crippen LogP contribution in [0.5, 0.6) is 0 Å². The summed E-state index contributed by atoms with van der Waals surface area (Å²) in [6, 6.07) is 0.969. The average Bonchev–Trinajstić information content (AvgIpc) is 2.35. The lowest BCUT2D eigenvalue weighted by molar-refractivity contribution is -0.147. The van der Waals surface area contributed by atoms with Gasteiger partial charge in [-0.25, -0.2) is 9.59 Å². The van der Waals surface area contributed by atoms with Gasteiger partial charge in [0.25, 0.3) is 0 Å². The van der Waals surface area contributed by atoms with Crippen molar-refractivity contribution in [3.8, 4) is 0 Å². The fourth-order valence-corrected chi connectivity index (χ4v) is 1.18. The maximum Gasteiger partial charge on any atom is 0.337 e. The van der Waals surface area contributed by atoms with Crippen LogP contribution in [0.25, 0.3) is 6.08 Å². The fourth-order valence-electron chi connectivity index (χ4n) is 1.18. The summed E-state index contributed by atoms with van der Waals surface area (Å²) in [5.41, 5.74) is -1.16. The molecule has 96 valence electrons. The molecule has 0 aromatic carbocycles. The molecular formula is C11H10O7. The van der Waals surface area contributed by atoms with Gasteiger partial charge in [-0.1, -0.05) is 0 Å². The third-order valence-corrected chi connectivity index (χ3v) is 2.02. The molecule has 0 aliphatic rings. The van der Waals surface area contributed by atoms with Crippen LogP contribution in [0.3, 0.4) is 0 Å². The third kappa shape index (κ3) is 3.05. The molecule has 18 heavy (non-hydrogen) atoms. The zero-order chi connectivity index (χ0) is 13.7. The molecule has 1 aromatic heterocycles. The zero-order valence-electron chi connectivity index (χ0n) is 9.32. The maximum absolute atomic E-state index is 11.5. The van der Waals surface area contributed by atoms with Crippen LogP contribution in [0.2, 0.25) is 0 Å². The quantitative estimate of drug-likeness (QED) is 0.571. The first-order valence-corrected chi connectivity index (χ1v) is 4.76. The van der Waals surface area contributed by atoms with Crippen molar-refractivity contribution in [3.05, 3.63) is 40.0 Å². The zero-order valence-corrected chi connectivity index (χ0v) is 9.32. The summed E-state index contributed by atoms with van der Waals surface area (Å²) in [4.78, 5) is 33.0. The summed E-state index contributed by atoms with van der Waals surface area (Å²) in [6.45, 7) is 0. The lowest BCUT2D eigenvalue weighted by Gasteiger charge is -2.06. The molecule has 0 aliphatic carbocycles. The molecule has 7 heteroatoms. The molecule has 0 fully saturated rings. The van der Waals surface area contributed by atoms with E-state index >= 15 is 0 Å². The van der Waals surface area contributed by atoms with E-state index in [4.69, 9.17) is 9.52 Å². The second-order valence-corrected chi connectivity index (χ2v) is 3.16. The highest BCUT2D eigenvalue weighted by Gasteiger charge is 2.23. The van der Waals surface area contributed by atoms with Crippen LogP contribution in [-0.4, -0.2) is 29.3 Å². The summed E-state index contributed by atoms with van der Waals surface area (Å²) in [6.07, 6.45) is 0.988. The first-order valence-electron chi connectivity index (χ1n) is 4.76.